The van der Waals surface area contributed by atoms with Crippen molar-refractivity contribution in [1.29, 1.82) is 0 Å². The van der Waals surface area contributed by atoms with E-state index in [4.69, 9.17) is 0 Å². The highest BCUT2D eigenvalue weighted by Crippen LogP contribution is 2.34. The summed E-state index contributed by atoms with van der Waals surface area (Å²) in [6.07, 6.45) is 9.90. The van der Waals surface area contributed by atoms with Gasteiger partial charge in [0.05, 0.1) is 6.54 Å². The van der Waals surface area contributed by atoms with Gasteiger partial charge in [0.1, 0.15) is 0 Å². The number of rotatable bonds is 10. The van der Waals surface area contributed by atoms with Crippen LogP contribution >= 0.6 is 0 Å². The molecule has 0 amide bonds. The lowest BCUT2D eigenvalue weighted by molar-refractivity contribution is 0.238. The Morgan fingerprint density at radius 3 is 2.07 bits per heavy atom. The third kappa shape index (κ3) is 7.52. The summed E-state index contributed by atoms with van der Waals surface area (Å²) in [4.78, 5) is 10.2. The van der Waals surface area contributed by atoms with Crippen molar-refractivity contribution >= 4 is 0 Å². The molecule has 0 aromatic carbocycles. The lowest BCUT2D eigenvalue weighted by atomic mass is 9.77. The van der Waals surface area contributed by atoms with E-state index in [1.807, 2.05) is 0 Å². The summed E-state index contributed by atoms with van der Waals surface area (Å²) in [5, 5.41) is 3.01. The Bertz CT molecular complexity index is 159. The maximum Gasteiger partial charge on any atom is 0.0816 e. The zero-order valence-electron chi connectivity index (χ0n) is 10.7. The second-order valence-electron chi connectivity index (χ2n) is 4.97. The first-order valence-corrected chi connectivity index (χ1v) is 6.47. The molecule has 90 valence electrons. The highest BCUT2D eigenvalue weighted by Gasteiger charge is 2.22. The summed E-state index contributed by atoms with van der Waals surface area (Å²) in [5.41, 5.74) is 0.360. The molecule has 2 nitrogen and oxygen atoms in total. The van der Waals surface area contributed by atoms with Crippen molar-refractivity contribution < 1.29 is 0 Å². The Kier molecular flexibility index (Phi) is 8.64. The molecule has 0 saturated heterocycles. The van der Waals surface area contributed by atoms with Gasteiger partial charge in [-0.25, -0.2) is 0 Å². The van der Waals surface area contributed by atoms with E-state index in [1.165, 1.54) is 44.9 Å². The molecule has 0 N–H and O–H groups in total. The van der Waals surface area contributed by atoms with E-state index in [2.05, 4.69) is 25.9 Å². The molecule has 0 spiro atoms. The predicted molar refractivity (Wildman–Crippen MR) is 67.1 cm³/mol. The second kappa shape index (κ2) is 8.87. The molecule has 0 fully saturated rings. The van der Waals surface area contributed by atoms with Crippen LogP contribution in [0.1, 0.15) is 72.1 Å². The molecule has 0 aromatic heterocycles. The average Bonchev–Trinajstić information content (AvgIpc) is 2.24. The van der Waals surface area contributed by atoms with Crippen molar-refractivity contribution in [3.63, 3.8) is 0 Å². The van der Waals surface area contributed by atoms with Gasteiger partial charge in [-0.2, -0.15) is 4.91 Å². The van der Waals surface area contributed by atoms with E-state index in [1.54, 1.807) is 0 Å². The van der Waals surface area contributed by atoms with Gasteiger partial charge < -0.3 is 0 Å². The van der Waals surface area contributed by atoms with Crippen LogP contribution in [0.25, 0.3) is 0 Å². The Balaban J connectivity index is 3.94. The van der Waals surface area contributed by atoms with E-state index in [0.717, 1.165) is 6.42 Å². The van der Waals surface area contributed by atoms with Crippen LogP contribution in [0, 0.1) is 10.3 Å². The van der Waals surface area contributed by atoms with Crippen LogP contribution in [0.4, 0.5) is 0 Å². The van der Waals surface area contributed by atoms with E-state index in [-0.39, 0.29) is 0 Å². The Morgan fingerprint density at radius 2 is 1.53 bits per heavy atom. The molecular formula is C13H27NO. The lowest BCUT2D eigenvalue weighted by Gasteiger charge is -2.28. The van der Waals surface area contributed by atoms with Crippen molar-refractivity contribution in [2.45, 2.75) is 72.1 Å². The summed E-state index contributed by atoms with van der Waals surface area (Å²) in [7, 11) is 0. The van der Waals surface area contributed by atoms with Crippen LogP contribution < -0.4 is 0 Å². The van der Waals surface area contributed by atoms with E-state index < -0.39 is 0 Å². The molecule has 1 unspecified atom stereocenters. The van der Waals surface area contributed by atoms with Gasteiger partial charge in [-0.15, -0.1) is 0 Å². The van der Waals surface area contributed by atoms with Crippen LogP contribution in [-0.4, -0.2) is 6.54 Å². The van der Waals surface area contributed by atoms with E-state index in [0.29, 0.717) is 12.0 Å². The van der Waals surface area contributed by atoms with Crippen LogP contribution in [0.3, 0.4) is 0 Å². The highest BCUT2D eigenvalue weighted by molar-refractivity contribution is 4.75. The zero-order valence-corrected chi connectivity index (χ0v) is 10.7. The minimum Gasteiger partial charge on any atom is -0.151 e. The number of hydrogen-bond donors (Lipinski definition) is 0. The largest absolute Gasteiger partial charge is 0.151 e. The maximum absolute atomic E-state index is 10.2. The molecule has 1 atom stereocenters. The average molecular weight is 213 g/mol. The minimum atomic E-state index is 0.360. The first-order valence-electron chi connectivity index (χ1n) is 6.47. The summed E-state index contributed by atoms with van der Waals surface area (Å²) in [6, 6.07) is 0. The molecule has 0 bridgehead atoms. The van der Waals surface area contributed by atoms with Crippen LogP contribution in [0.15, 0.2) is 5.18 Å². The van der Waals surface area contributed by atoms with Crippen molar-refractivity contribution in [3.05, 3.63) is 4.91 Å². The van der Waals surface area contributed by atoms with E-state index >= 15 is 0 Å². The molecule has 0 rings (SSSR count). The number of nitroso groups, excluding NO2 is 1. The molecule has 15 heavy (non-hydrogen) atoms. The molecule has 0 saturated carbocycles. The summed E-state index contributed by atoms with van der Waals surface area (Å²) in [5.74, 6) is 0. The smallest absolute Gasteiger partial charge is 0.0816 e. The number of unbranched alkanes of at least 4 members (excludes halogenated alkanes) is 3. The lowest BCUT2D eigenvalue weighted by Crippen LogP contribution is -2.17. The first-order chi connectivity index (χ1) is 7.18. The van der Waals surface area contributed by atoms with Crippen molar-refractivity contribution in [2.75, 3.05) is 6.54 Å². The molecule has 2 heteroatoms. The van der Waals surface area contributed by atoms with Crippen LogP contribution in [-0.2, 0) is 0 Å². The standard InChI is InChI=1S/C13H27NO/c1-4-6-8-10-13(3,9-7-5-2)11-12-14-15/h4-12H2,1-3H3. The molecular weight excluding hydrogens is 186 g/mol. The number of nitrogens with zero attached hydrogens (tertiary/aromatic N) is 1. The summed E-state index contributed by atoms with van der Waals surface area (Å²) >= 11 is 0. The topological polar surface area (TPSA) is 29.4 Å². The first kappa shape index (κ1) is 14.6. The fourth-order valence-electron chi connectivity index (χ4n) is 2.10. The fourth-order valence-corrected chi connectivity index (χ4v) is 2.10. The number of hydrogen-bond acceptors (Lipinski definition) is 2. The Morgan fingerprint density at radius 1 is 0.933 bits per heavy atom. The summed E-state index contributed by atoms with van der Waals surface area (Å²) < 4.78 is 0. The predicted octanol–water partition coefficient (Wildman–Crippen LogP) is 4.92. The van der Waals surface area contributed by atoms with Gasteiger partial charge >= 0.3 is 0 Å². The quantitative estimate of drug-likeness (QED) is 0.374. The van der Waals surface area contributed by atoms with Gasteiger partial charge in [0.15, 0.2) is 0 Å². The van der Waals surface area contributed by atoms with Gasteiger partial charge in [0.2, 0.25) is 0 Å². The maximum atomic E-state index is 10.2. The molecule has 0 radical (unpaired) electrons. The molecule has 0 aliphatic heterocycles. The molecule has 0 heterocycles. The second-order valence-corrected chi connectivity index (χ2v) is 4.97. The third-order valence-corrected chi connectivity index (χ3v) is 3.32. The Hall–Kier alpha value is -0.400. The molecule has 0 aliphatic rings. The van der Waals surface area contributed by atoms with Gasteiger partial charge in [-0.05, 0) is 24.7 Å². The Labute approximate surface area is 94.8 Å². The van der Waals surface area contributed by atoms with Crippen molar-refractivity contribution in [3.8, 4) is 0 Å². The molecule has 0 aromatic rings. The molecule has 0 aliphatic carbocycles. The van der Waals surface area contributed by atoms with Crippen molar-refractivity contribution in [1.82, 2.24) is 0 Å². The third-order valence-electron chi connectivity index (χ3n) is 3.32. The fraction of sp³-hybridized carbons (Fsp3) is 1.00. The van der Waals surface area contributed by atoms with Gasteiger partial charge in [0.25, 0.3) is 0 Å². The van der Waals surface area contributed by atoms with Crippen LogP contribution in [0.5, 0.6) is 0 Å². The van der Waals surface area contributed by atoms with Gasteiger partial charge in [0, 0.05) is 0 Å². The summed E-state index contributed by atoms with van der Waals surface area (Å²) in [6.45, 7) is 7.27. The van der Waals surface area contributed by atoms with E-state index in [9.17, 15) is 4.91 Å². The van der Waals surface area contributed by atoms with Gasteiger partial charge in [-0.3, -0.25) is 0 Å². The van der Waals surface area contributed by atoms with Gasteiger partial charge in [-0.1, -0.05) is 58.1 Å². The SMILES string of the molecule is CCCCCC(C)(CCCC)CCN=O. The minimum absolute atomic E-state index is 0.360. The zero-order chi connectivity index (χ0) is 11.6. The normalized spacial score (nSPS) is 14.9. The van der Waals surface area contributed by atoms with Crippen molar-refractivity contribution in [2.24, 2.45) is 10.6 Å². The monoisotopic (exact) mass is 213 g/mol. The van der Waals surface area contributed by atoms with Crippen LogP contribution in [0.2, 0.25) is 0 Å². The highest BCUT2D eigenvalue weighted by atomic mass is 16.3.